The Morgan fingerprint density at radius 1 is 1.57 bits per heavy atom. The number of nitrogens with zero attached hydrogens (tertiary/aromatic N) is 1. The van der Waals surface area contributed by atoms with E-state index in [1.165, 1.54) is 0 Å². The molecule has 1 rings (SSSR count). The maximum absolute atomic E-state index is 10.5. The summed E-state index contributed by atoms with van der Waals surface area (Å²) >= 11 is 1.65. The highest BCUT2D eigenvalue weighted by Gasteiger charge is 2.02. The van der Waals surface area contributed by atoms with Gasteiger partial charge in [0.2, 0.25) is 0 Å². The Hall–Kier alpha value is -1.27. The number of hydrogen-bond donors (Lipinski definition) is 0. The van der Waals surface area contributed by atoms with Gasteiger partial charge in [-0.25, -0.2) is 0 Å². The molecule has 0 radical (unpaired) electrons. The van der Waals surface area contributed by atoms with Gasteiger partial charge in [0.1, 0.15) is 12.4 Å². The minimum absolute atomic E-state index is 0.558. The van der Waals surface area contributed by atoms with Crippen molar-refractivity contribution in [3.8, 4) is 6.07 Å². The zero-order valence-electron chi connectivity index (χ0n) is 7.99. The fourth-order valence-electron chi connectivity index (χ4n) is 1.05. The first-order valence-electron chi connectivity index (χ1n) is 4.44. The summed E-state index contributed by atoms with van der Waals surface area (Å²) in [6.45, 7) is 2.10. The fraction of sp³-hybridized carbons (Fsp3) is 0.273. The number of nitriles is 1. The Kier molecular flexibility index (Phi) is 4.21. The summed E-state index contributed by atoms with van der Waals surface area (Å²) in [5.41, 5.74) is 1.15. The molecule has 2 nitrogen and oxygen atoms in total. The highest BCUT2D eigenvalue weighted by Crippen LogP contribution is 2.23. The summed E-state index contributed by atoms with van der Waals surface area (Å²) in [7, 11) is 0. The predicted octanol–water partition coefficient (Wildman–Crippen LogP) is 2.87. The third-order valence-electron chi connectivity index (χ3n) is 1.72. The van der Waals surface area contributed by atoms with Crippen LogP contribution >= 0.6 is 11.8 Å². The molecule has 0 aliphatic rings. The monoisotopic (exact) mass is 205 g/mol. The molecular formula is C11H11NOS. The highest BCUT2D eigenvalue weighted by atomic mass is 32.2. The van der Waals surface area contributed by atoms with Crippen molar-refractivity contribution in [2.75, 3.05) is 5.75 Å². The summed E-state index contributed by atoms with van der Waals surface area (Å²) in [6, 6.07) is 7.31. The van der Waals surface area contributed by atoms with Gasteiger partial charge in [-0.05, 0) is 24.3 Å². The zero-order valence-corrected chi connectivity index (χ0v) is 8.80. The first-order valence-corrected chi connectivity index (χ1v) is 5.42. The van der Waals surface area contributed by atoms with Crippen molar-refractivity contribution >= 4 is 18.0 Å². The summed E-state index contributed by atoms with van der Waals surface area (Å²) in [5, 5.41) is 8.86. The van der Waals surface area contributed by atoms with Gasteiger partial charge in [0.05, 0.1) is 5.56 Å². The van der Waals surface area contributed by atoms with E-state index in [1.807, 2.05) is 6.07 Å². The molecule has 0 aliphatic heterocycles. The summed E-state index contributed by atoms with van der Waals surface area (Å²) < 4.78 is 0. The van der Waals surface area contributed by atoms with E-state index in [4.69, 9.17) is 5.26 Å². The number of hydrogen-bond acceptors (Lipinski definition) is 3. The molecule has 0 saturated heterocycles. The number of carbonyl (C=O) groups is 1. The smallest absolute Gasteiger partial charge is 0.150 e. The van der Waals surface area contributed by atoms with Gasteiger partial charge >= 0.3 is 0 Å². The molecule has 0 aromatic heterocycles. The van der Waals surface area contributed by atoms with Crippen LogP contribution in [0.25, 0.3) is 0 Å². The van der Waals surface area contributed by atoms with Gasteiger partial charge in [-0.3, -0.25) is 4.79 Å². The fourth-order valence-corrected chi connectivity index (χ4v) is 1.89. The van der Waals surface area contributed by atoms with E-state index >= 15 is 0 Å². The van der Waals surface area contributed by atoms with Crippen molar-refractivity contribution in [3.63, 3.8) is 0 Å². The Labute approximate surface area is 87.9 Å². The first kappa shape index (κ1) is 10.8. The normalized spacial score (nSPS) is 9.43. The van der Waals surface area contributed by atoms with Crippen LogP contribution in [0.3, 0.4) is 0 Å². The molecule has 0 aliphatic carbocycles. The van der Waals surface area contributed by atoms with Crippen LogP contribution in [0, 0.1) is 11.3 Å². The Morgan fingerprint density at radius 2 is 2.36 bits per heavy atom. The second-order valence-corrected chi connectivity index (χ2v) is 3.97. The maximum Gasteiger partial charge on any atom is 0.150 e. The van der Waals surface area contributed by atoms with E-state index in [9.17, 15) is 4.79 Å². The SMILES string of the molecule is CCCSc1ccc(C=O)cc1C#N. The van der Waals surface area contributed by atoms with Crippen molar-refractivity contribution < 1.29 is 4.79 Å². The van der Waals surface area contributed by atoms with Crippen molar-refractivity contribution in [1.29, 1.82) is 5.26 Å². The summed E-state index contributed by atoms with van der Waals surface area (Å²) in [5.74, 6) is 0.995. The lowest BCUT2D eigenvalue weighted by Crippen LogP contribution is -1.86. The third-order valence-corrected chi connectivity index (χ3v) is 3.00. The number of carbonyl (C=O) groups excluding carboxylic acids is 1. The lowest BCUT2D eigenvalue weighted by atomic mass is 10.1. The molecular weight excluding hydrogens is 194 g/mol. The van der Waals surface area contributed by atoms with E-state index < -0.39 is 0 Å². The standard InChI is InChI=1S/C11H11NOS/c1-2-5-14-11-4-3-9(8-13)6-10(11)7-12/h3-4,6,8H,2,5H2,1H3. The molecule has 0 N–H and O–H groups in total. The molecule has 0 fully saturated rings. The van der Waals surface area contributed by atoms with Crippen molar-refractivity contribution in [3.05, 3.63) is 29.3 Å². The van der Waals surface area contributed by atoms with Gasteiger partial charge < -0.3 is 0 Å². The van der Waals surface area contributed by atoms with Crippen LogP contribution in [0.15, 0.2) is 23.1 Å². The van der Waals surface area contributed by atoms with Gasteiger partial charge in [0, 0.05) is 10.5 Å². The molecule has 0 saturated carbocycles. The van der Waals surface area contributed by atoms with Gasteiger partial charge in [-0.2, -0.15) is 5.26 Å². The highest BCUT2D eigenvalue weighted by molar-refractivity contribution is 7.99. The van der Waals surface area contributed by atoms with E-state index in [-0.39, 0.29) is 0 Å². The average molecular weight is 205 g/mol. The first-order chi connectivity index (χ1) is 6.81. The van der Waals surface area contributed by atoms with E-state index in [0.29, 0.717) is 11.1 Å². The topological polar surface area (TPSA) is 40.9 Å². The molecule has 14 heavy (non-hydrogen) atoms. The number of rotatable bonds is 4. The van der Waals surface area contributed by atoms with Crippen LogP contribution in [0.5, 0.6) is 0 Å². The summed E-state index contributed by atoms with van der Waals surface area (Å²) in [4.78, 5) is 11.4. The second kappa shape index (κ2) is 5.46. The third kappa shape index (κ3) is 2.61. The van der Waals surface area contributed by atoms with Crippen LogP contribution in [0.4, 0.5) is 0 Å². The molecule has 0 heterocycles. The van der Waals surface area contributed by atoms with Gasteiger partial charge in [0.15, 0.2) is 0 Å². The molecule has 1 aromatic rings. The Bertz CT molecular complexity index is 368. The average Bonchev–Trinajstić information content (AvgIpc) is 2.26. The summed E-state index contributed by atoms with van der Waals surface area (Å²) in [6.07, 6.45) is 1.83. The Morgan fingerprint density at radius 3 is 2.93 bits per heavy atom. The molecule has 0 unspecified atom stereocenters. The molecule has 72 valence electrons. The van der Waals surface area contributed by atoms with Crippen LogP contribution in [-0.4, -0.2) is 12.0 Å². The van der Waals surface area contributed by atoms with Crippen LogP contribution in [0.2, 0.25) is 0 Å². The molecule has 0 bridgehead atoms. The Balaban J connectivity index is 2.94. The number of benzene rings is 1. The second-order valence-electron chi connectivity index (χ2n) is 2.83. The van der Waals surface area contributed by atoms with Crippen LogP contribution in [-0.2, 0) is 0 Å². The molecule has 0 atom stereocenters. The predicted molar refractivity (Wildman–Crippen MR) is 57.6 cm³/mol. The largest absolute Gasteiger partial charge is 0.298 e. The van der Waals surface area contributed by atoms with E-state index in [2.05, 4.69) is 13.0 Å². The molecule has 1 aromatic carbocycles. The van der Waals surface area contributed by atoms with Crippen molar-refractivity contribution in [2.24, 2.45) is 0 Å². The van der Waals surface area contributed by atoms with Crippen LogP contribution in [0.1, 0.15) is 29.3 Å². The minimum Gasteiger partial charge on any atom is -0.298 e. The lowest BCUT2D eigenvalue weighted by molar-refractivity contribution is 0.112. The molecule has 0 spiro atoms. The van der Waals surface area contributed by atoms with E-state index in [1.54, 1.807) is 23.9 Å². The maximum atomic E-state index is 10.5. The number of thioether (sulfide) groups is 1. The van der Waals surface area contributed by atoms with Crippen molar-refractivity contribution in [1.82, 2.24) is 0 Å². The quantitative estimate of drug-likeness (QED) is 0.560. The lowest BCUT2D eigenvalue weighted by Gasteiger charge is -2.02. The zero-order chi connectivity index (χ0) is 10.4. The minimum atomic E-state index is 0.558. The van der Waals surface area contributed by atoms with Gasteiger partial charge in [-0.15, -0.1) is 11.8 Å². The van der Waals surface area contributed by atoms with Gasteiger partial charge in [-0.1, -0.05) is 13.0 Å². The van der Waals surface area contributed by atoms with E-state index in [0.717, 1.165) is 23.4 Å². The number of aldehydes is 1. The van der Waals surface area contributed by atoms with Crippen molar-refractivity contribution in [2.45, 2.75) is 18.2 Å². The van der Waals surface area contributed by atoms with Gasteiger partial charge in [0.25, 0.3) is 0 Å². The van der Waals surface area contributed by atoms with Crippen LogP contribution < -0.4 is 0 Å². The molecule has 0 amide bonds. The molecule has 3 heteroatoms.